The van der Waals surface area contributed by atoms with E-state index in [1.54, 1.807) is 18.2 Å². The number of hydrogen-bond donors (Lipinski definition) is 5. The molecule has 1 aromatic heterocycles. The minimum absolute atomic E-state index is 0.125. The fourth-order valence-electron chi connectivity index (χ4n) is 3.68. The molecular weight excluding hydrogens is 385 g/mol. The maximum Gasteiger partial charge on any atom is 0.419 e. The largest absolute Gasteiger partial charge is 0.419 e. The number of carbonyl (C=O) groups is 1. The van der Waals surface area contributed by atoms with Crippen molar-refractivity contribution < 1.29 is 18.0 Å². The van der Waals surface area contributed by atoms with Crippen molar-refractivity contribution in [2.45, 2.75) is 31.3 Å². The number of fused-ring (bicyclic) bond motifs is 1. The lowest BCUT2D eigenvalue weighted by Crippen LogP contribution is -2.52. The van der Waals surface area contributed by atoms with E-state index in [2.05, 4.69) is 31.2 Å². The SMILES string of the molecule is O=CNc1ccc2c(C3=NC(NC4CCCNC4)NC=C3C(F)(F)F)c[nH]c2c1. The molecule has 29 heavy (non-hydrogen) atoms. The molecule has 0 radical (unpaired) electrons. The number of benzene rings is 1. The maximum absolute atomic E-state index is 13.7. The second-order valence-corrected chi connectivity index (χ2v) is 7.04. The summed E-state index contributed by atoms with van der Waals surface area (Å²) in [5.74, 6) is 0. The van der Waals surface area contributed by atoms with Crippen LogP contribution in [0.15, 0.2) is 41.2 Å². The summed E-state index contributed by atoms with van der Waals surface area (Å²) < 4.78 is 41.0. The van der Waals surface area contributed by atoms with E-state index in [4.69, 9.17) is 0 Å². The van der Waals surface area contributed by atoms with E-state index in [1.165, 1.54) is 6.20 Å². The van der Waals surface area contributed by atoms with Crippen LogP contribution in [0.1, 0.15) is 18.4 Å². The Labute approximate surface area is 164 Å². The Bertz CT molecular complexity index is 958. The standard InChI is InChI=1S/C19H21F3N6O/c20-19(21,22)15-9-25-18(27-12-2-1-5-23-7-12)28-17(15)14-8-24-16-6-11(26-10-29)3-4-13(14)16/h3-4,6,8-10,12,18,23-25,27H,1-2,5,7H2,(H,26,29). The molecular formula is C19H21F3N6O. The number of anilines is 1. The van der Waals surface area contributed by atoms with E-state index in [0.717, 1.165) is 32.1 Å². The number of amides is 1. The molecule has 2 aliphatic heterocycles. The Morgan fingerprint density at radius 2 is 2.14 bits per heavy atom. The number of hydrogen-bond acceptors (Lipinski definition) is 5. The van der Waals surface area contributed by atoms with E-state index in [1.807, 2.05) is 0 Å². The molecule has 2 unspecified atom stereocenters. The van der Waals surface area contributed by atoms with Gasteiger partial charge in [0.15, 0.2) is 6.29 Å². The number of halogens is 3. The number of aromatic amines is 1. The van der Waals surface area contributed by atoms with Gasteiger partial charge in [-0.3, -0.25) is 10.1 Å². The van der Waals surface area contributed by atoms with Crippen LogP contribution in [0.25, 0.3) is 10.9 Å². The van der Waals surface area contributed by atoms with E-state index < -0.39 is 18.0 Å². The van der Waals surface area contributed by atoms with Crippen LogP contribution < -0.4 is 21.3 Å². The molecule has 1 saturated heterocycles. The molecule has 154 valence electrons. The molecule has 0 aliphatic carbocycles. The molecule has 4 rings (SSSR count). The highest BCUT2D eigenvalue weighted by Crippen LogP contribution is 2.33. The zero-order valence-corrected chi connectivity index (χ0v) is 15.4. The number of piperidine rings is 1. The summed E-state index contributed by atoms with van der Waals surface area (Å²) in [6.07, 6.45) is -0.220. The lowest BCUT2D eigenvalue weighted by Gasteiger charge is -2.30. The third kappa shape index (κ3) is 4.13. The highest BCUT2D eigenvalue weighted by atomic mass is 19.4. The van der Waals surface area contributed by atoms with Gasteiger partial charge in [0.2, 0.25) is 6.41 Å². The summed E-state index contributed by atoms with van der Waals surface area (Å²) in [4.78, 5) is 18.0. The highest BCUT2D eigenvalue weighted by molar-refractivity contribution is 6.20. The summed E-state index contributed by atoms with van der Waals surface area (Å²) in [7, 11) is 0. The molecule has 0 spiro atoms. The van der Waals surface area contributed by atoms with Gasteiger partial charge in [0.25, 0.3) is 0 Å². The van der Waals surface area contributed by atoms with Gasteiger partial charge in [-0.2, -0.15) is 13.2 Å². The average molecular weight is 406 g/mol. The molecule has 0 bridgehead atoms. The summed E-state index contributed by atoms with van der Waals surface area (Å²) in [5, 5.41) is 12.4. The number of nitrogens with one attached hydrogen (secondary N) is 5. The predicted octanol–water partition coefficient (Wildman–Crippen LogP) is 2.20. The first-order valence-corrected chi connectivity index (χ1v) is 9.36. The van der Waals surface area contributed by atoms with Crippen LogP contribution >= 0.6 is 0 Å². The third-order valence-corrected chi connectivity index (χ3v) is 5.06. The summed E-state index contributed by atoms with van der Waals surface area (Å²) in [6, 6.07) is 5.09. The van der Waals surface area contributed by atoms with Crippen LogP contribution in [0.3, 0.4) is 0 Å². The first-order chi connectivity index (χ1) is 14.0. The number of carbonyl (C=O) groups excluding carboxylic acids is 1. The van der Waals surface area contributed by atoms with Crippen LogP contribution in [0.5, 0.6) is 0 Å². The molecule has 10 heteroatoms. The zero-order valence-electron chi connectivity index (χ0n) is 15.4. The number of H-pyrrole nitrogens is 1. The van der Waals surface area contributed by atoms with Crippen molar-refractivity contribution >= 4 is 28.7 Å². The number of aliphatic imine (C=N–C) groups is 1. The van der Waals surface area contributed by atoms with Crippen LogP contribution in [-0.4, -0.2) is 48.7 Å². The van der Waals surface area contributed by atoms with E-state index in [-0.39, 0.29) is 11.8 Å². The first kappa shape index (κ1) is 19.5. The molecule has 2 aromatic rings. The fraction of sp³-hybridized carbons (Fsp3) is 0.368. The molecule has 1 amide bonds. The molecule has 7 nitrogen and oxygen atoms in total. The molecule has 3 heterocycles. The molecule has 0 saturated carbocycles. The lowest BCUT2D eigenvalue weighted by atomic mass is 10.0. The van der Waals surface area contributed by atoms with Crippen molar-refractivity contribution in [1.82, 2.24) is 20.9 Å². The smallest absolute Gasteiger partial charge is 0.360 e. The van der Waals surface area contributed by atoms with Gasteiger partial charge in [0.05, 0.1) is 11.3 Å². The van der Waals surface area contributed by atoms with Gasteiger partial charge in [0.1, 0.15) is 0 Å². The van der Waals surface area contributed by atoms with E-state index in [0.29, 0.717) is 28.6 Å². The number of nitrogens with zero attached hydrogens (tertiary/aromatic N) is 1. The van der Waals surface area contributed by atoms with Crippen molar-refractivity contribution in [3.63, 3.8) is 0 Å². The summed E-state index contributed by atoms with van der Waals surface area (Å²) in [6.45, 7) is 1.69. The zero-order chi connectivity index (χ0) is 20.4. The first-order valence-electron chi connectivity index (χ1n) is 9.36. The molecule has 2 atom stereocenters. The Balaban J connectivity index is 1.69. The average Bonchev–Trinajstić information content (AvgIpc) is 3.11. The highest BCUT2D eigenvalue weighted by Gasteiger charge is 2.40. The van der Waals surface area contributed by atoms with Gasteiger partial charge in [-0.25, -0.2) is 4.99 Å². The number of allylic oxidation sites excluding steroid dienone is 1. The second kappa shape index (κ2) is 7.88. The monoisotopic (exact) mass is 406 g/mol. The normalized spacial score (nSPS) is 22.6. The maximum atomic E-state index is 13.7. The molecule has 2 aliphatic rings. The minimum Gasteiger partial charge on any atom is -0.360 e. The Hall–Kier alpha value is -2.85. The number of rotatable bonds is 5. The van der Waals surface area contributed by atoms with Crippen molar-refractivity contribution in [1.29, 1.82) is 0 Å². The molecule has 5 N–H and O–H groups in total. The minimum atomic E-state index is -4.55. The quantitative estimate of drug-likeness (QED) is 0.492. The van der Waals surface area contributed by atoms with Gasteiger partial charge in [-0.1, -0.05) is 6.07 Å². The van der Waals surface area contributed by atoms with Crippen LogP contribution in [0.2, 0.25) is 0 Å². The summed E-state index contributed by atoms with van der Waals surface area (Å²) >= 11 is 0. The Kier molecular flexibility index (Phi) is 5.29. The number of alkyl halides is 3. The van der Waals surface area contributed by atoms with Gasteiger partial charge in [-0.05, 0) is 31.5 Å². The third-order valence-electron chi connectivity index (χ3n) is 5.06. The van der Waals surface area contributed by atoms with Gasteiger partial charge < -0.3 is 20.9 Å². The van der Waals surface area contributed by atoms with Crippen LogP contribution in [-0.2, 0) is 4.79 Å². The topological polar surface area (TPSA) is 93.3 Å². The van der Waals surface area contributed by atoms with Gasteiger partial charge >= 0.3 is 6.18 Å². The van der Waals surface area contributed by atoms with E-state index in [9.17, 15) is 18.0 Å². The predicted molar refractivity (Wildman–Crippen MR) is 105 cm³/mol. The van der Waals surface area contributed by atoms with Crippen LogP contribution in [0, 0.1) is 0 Å². The van der Waals surface area contributed by atoms with Crippen molar-refractivity contribution in [2.24, 2.45) is 4.99 Å². The molecule has 1 aromatic carbocycles. The van der Waals surface area contributed by atoms with Gasteiger partial charge in [-0.15, -0.1) is 0 Å². The Morgan fingerprint density at radius 3 is 2.86 bits per heavy atom. The summed E-state index contributed by atoms with van der Waals surface area (Å²) in [5.41, 5.74) is 0.559. The Morgan fingerprint density at radius 1 is 1.28 bits per heavy atom. The van der Waals surface area contributed by atoms with E-state index >= 15 is 0 Å². The van der Waals surface area contributed by atoms with Crippen molar-refractivity contribution in [3.8, 4) is 0 Å². The van der Waals surface area contributed by atoms with Crippen molar-refractivity contribution in [2.75, 3.05) is 18.4 Å². The number of aromatic nitrogens is 1. The van der Waals surface area contributed by atoms with Gasteiger partial charge in [0, 0.05) is 47.1 Å². The lowest BCUT2D eigenvalue weighted by molar-refractivity contribution is -0.105. The fourth-order valence-corrected chi connectivity index (χ4v) is 3.68. The van der Waals surface area contributed by atoms with Crippen molar-refractivity contribution in [3.05, 3.63) is 41.7 Å². The van der Waals surface area contributed by atoms with Crippen LogP contribution in [0.4, 0.5) is 18.9 Å². The second-order valence-electron chi connectivity index (χ2n) is 7.04. The molecule has 1 fully saturated rings.